The van der Waals surface area contributed by atoms with Crippen LogP contribution in [0.25, 0.3) is 0 Å². The van der Waals surface area contributed by atoms with Crippen LogP contribution in [0.1, 0.15) is 13.3 Å². The van der Waals surface area contributed by atoms with Crippen molar-refractivity contribution in [2.45, 2.75) is 25.7 Å². The number of rotatable bonds is 1. The molecule has 2 rings (SSSR count). The van der Waals surface area contributed by atoms with Crippen molar-refractivity contribution < 1.29 is 14.6 Å². The maximum absolute atomic E-state index is 10.9. The summed E-state index contributed by atoms with van der Waals surface area (Å²) < 4.78 is 5.35. The number of β-lactam (4-membered cyclic amide) rings is 1. The number of amides is 1. The van der Waals surface area contributed by atoms with Gasteiger partial charge in [0.1, 0.15) is 5.76 Å². The third-order valence-corrected chi connectivity index (χ3v) is 2.06. The lowest BCUT2D eigenvalue weighted by molar-refractivity contribution is -0.154. The van der Waals surface area contributed by atoms with Gasteiger partial charge in [0, 0.05) is 0 Å². The zero-order valence-corrected chi connectivity index (χ0v) is 6.86. The molecule has 2 aliphatic heterocycles. The van der Waals surface area contributed by atoms with Crippen molar-refractivity contribution in [1.82, 2.24) is 4.90 Å². The molecule has 2 atom stereocenters. The summed E-state index contributed by atoms with van der Waals surface area (Å²) in [6.45, 7) is 2.18. The SMILES string of the molecule is CC(O)/C=C1\CN2C(=O)CC2O1. The molecule has 0 aliphatic carbocycles. The Kier molecular flexibility index (Phi) is 1.58. The van der Waals surface area contributed by atoms with E-state index in [1.165, 1.54) is 0 Å². The highest BCUT2D eigenvalue weighted by Gasteiger charge is 2.43. The van der Waals surface area contributed by atoms with E-state index in [2.05, 4.69) is 0 Å². The number of hydrogen-bond donors (Lipinski definition) is 1. The molecule has 4 nitrogen and oxygen atoms in total. The molecule has 2 unspecified atom stereocenters. The molecule has 0 saturated carbocycles. The maximum Gasteiger partial charge on any atom is 0.231 e. The molecule has 12 heavy (non-hydrogen) atoms. The Bertz CT molecular complexity index is 247. The highest BCUT2D eigenvalue weighted by molar-refractivity contribution is 5.83. The minimum absolute atomic E-state index is 0.0532. The molecule has 2 aliphatic rings. The lowest BCUT2D eigenvalue weighted by atomic mass is 10.2. The van der Waals surface area contributed by atoms with E-state index < -0.39 is 6.10 Å². The van der Waals surface area contributed by atoms with Crippen LogP contribution in [0.15, 0.2) is 11.8 Å². The van der Waals surface area contributed by atoms with Gasteiger partial charge in [0.15, 0.2) is 6.23 Å². The van der Waals surface area contributed by atoms with Crippen LogP contribution >= 0.6 is 0 Å². The Morgan fingerprint density at radius 3 is 3.08 bits per heavy atom. The lowest BCUT2D eigenvalue weighted by Crippen LogP contribution is -2.48. The summed E-state index contributed by atoms with van der Waals surface area (Å²) in [5.41, 5.74) is 0. The summed E-state index contributed by atoms with van der Waals surface area (Å²) in [4.78, 5) is 12.6. The van der Waals surface area contributed by atoms with Crippen molar-refractivity contribution in [3.63, 3.8) is 0 Å². The average Bonchev–Trinajstić information content (AvgIpc) is 2.26. The number of carbonyl (C=O) groups excluding carboxylic acids is 1. The van der Waals surface area contributed by atoms with Gasteiger partial charge in [-0.2, -0.15) is 0 Å². The second-order valence-electron chi connectivity index (χ2n) is 3.17. The fourth-order valence-electron chi connectivity index (χ4n) is 1.46. The predicted molar refractivity (Wildman–Crippen MR) is 41.0 cm³/mol. The summed E-state index contributed by atoms with van der Waals surface area (Å²) >= 11 is 0. The predicted octanol–water partition coefficient (Wildman–Crippen LogP) is -0.160. The van der Waals surface area contributed by atoms with Crippen molar-refractivity contribution in [2.75, 3.05) is 6.54 Å². The van der Waals surface area contributed by atoms with E-state index in [0.717, 1.165) is 0 Å². The van der Waals surface area contributed by atoms with Gasteiger partial charge in [-0.15, -0.1) is 0 Å². The van der Waals surface area contributed by atoms with Crippen LogP contribution in [0.4, 0.5) is 0 Å². The first kappa shape index (κ1) is 7.61. The molecule has 0 aromatic heterocycles. The molecule has 2 saturated heterocycles. The Labute approximate surface area is 70.4 Å². The molecule has 1 N–H and O–H groups in total. The number of carbonyl (C=O) groups is 1. The fourth-order valence-corrected chi connectivity index (χ4v) is 1.46. The van der Waals surface area contributed by atoms with Gasteiger partial charge in [-0.1, -0.05) is 0 Å². The Hall–Kier alpha value is -1.03. The molecule has 1 amide bonds. The Morgan fingerprint density at radius 1 is 1.83 bits per heavy atom. The second kappa shape index (κ2) is 2.48. The topological polar surface area (TPSA) is 49.8 Å². The van der Waals surface area contributed by atoms with Crippen molar-refractivity contribution in [1.29, 1.82) is 0 Å². The number of hydrogen-bond acceptors (Lipinski definition) is 3. The van der Waals surface area contributed by atoms with Gasteiger partial charge < -0.3 is 9.84 Å². The van der Waals surface area contributed by atoms with Crippen molar-refractivity contribution >= 4 is 5.91 Å². The first-order chi connectivity index (χ1) is 5.66. The molecule has 66 valence electrons. The number of aliphatic hydroxyl groups is 1. The van der Waals surface area contributed by atoms with Crippen LogP contribution in [-0.2, 0) is 9.53 Å². The zero-order valence-electron chi connectivity index (χ0n) is 6.86. The number of fused-ring (bicyclic) bond motifs is 1. The van der Waals surface area contributed by atoms with E-state index in [1.807, 2.05) is 0 Å². The van der Waals surface area contributed by atoms with Gasteiger partial charge in [0.25, 0.3) is 0 Å². The monoisotopic (exact) mass is 169 g/mol. The molecular weight excluding hydrogens is 158 g/mol. The van der Waals surface area contributed by atoms with E-state index >= 15 is 0 Å². The van der Waals surface area contributed by atoms with E-state index in [-0.39, 0.29) is 12.1 Å². The number of ether oxygens (including phenoxy) is 1. The van der Waals surface area contributed by atoms with Crippen LogP contribution < -0.4 is 0 Å². The molecule has 0 spiro atoms. The van der Waals surface area contributed by atoms with Gasteiger partial charge in [-0.3, -0.25) is 9.69 Å². The van der Waals surface area contributed by atoms with Crippen LogP contribution in [0, 0.1) is 0 Å². The third kappa shape index (κ3) is 1.08. The molecule has 0 aromatic carbocycles. The third-order valence-electron chi connectivity index (χ3n) is 2.06. The second-order valence-corrected chi connectivity index (χ2v) is 3.17. The first-order valence-electron chi connectivity index (χ1n) is 4.01. The minimum Gasteiger partial charge on any atom is -0.473 e. The molecule has 4 heteroatoms. The van der Waals surface area contributed by atoms with Crippen LogP contribution in [0.5, 0.6) is 0 Å². The summed E-state index contributed by atoms with van der Waals surface area (Å²) in [6.07, 6.45) is 1.55. The molecule has 2 fully saturated rings. The standard InChI is InChI=1S/C8H11NO3/c1-5(10)2-6-4-9-7(11)3-8(9)12-6/h2,5,8,10H,3-4H2,1H3/b6-2+. The van der Waals surface area contributed by atoms with Crippen molar-refractivity contribution in [3.05, 3.63) is 11.8 Å². The van der Waals surface area contributed by atoms with E-state index in [9.17, 15) is 4.79 Å². The highest BCUT2D eigenvalue weighted by Crippen LogP contribution is 2.30. The van der Waals surface area contributed by atoms with Gasteiger partial charge in [0.2, 0.25) is 5.91 Å². The molecular formula is C8H11NO3. The maximum atomic E-state index is 10.9. The zero-order chi connectivity index (χ0) is 8.72. The molecule has 2 heterocycles. The lowest BCUT2D eigenvalue weighted by Gasteiger charge is -2.30. The summed E-state index contributed by atoms with van der Waals surface area (Å²) in [6, 6.07) is 0. The molecule has 0 bridgehead atoms. The smallest absolute Gasteiger partial charge is 0.231 e. The first-order valence-corrected chi connectivity index (χ1v) is 4.01. The molecule has 0 radical (unpaired) electrons. The van der Waals surface area contributed by atoms with Gasteiger partial charge in [-0.05, 0) is 13.0 Å². The van der Waals surface area contributed by atoms with Gasteiger partial charge >= 0.3 is 0 Å². The van der Waals surface area contributed by atoms with E-state index in [1.54, 1.807) is 17.9 Å². The van der Waals surface area contributed by atoms with Crippen molar-refractivity contribution in [3.8, 4) is 0 Å². The fraction of sp³-hybridized carbons (Fsp3) is 0.625. The Balaban J connectivity index is 2.03. The van der Waals surface area contributed by atoms with Crippen LogP contribution in [-0.4, -0.2) is 34.8 Å². The summed E-state index contributed by atoms with van der Waals surface area (Å²) in [5, 5.41) is 9.01. The van der Waals surface area contributed by atoms with E-state index in [4.69, 9.17) is 9.84 Å². The van der Waals surface area contributed by atoms with Crippen LogP contribution in [0.3, 0.4) is 0 Å². The number of nitrogens with zero attached hydrogens (tertiary/aromatic N) is 1. The Morgan fingerprint density at radius 2 is 2.58 bits per heavy atom. The number of aliphatic hydroxyl groups excluding tert-OH is 1. The van der Waals surface area contributed by atoms with Crippen molar-refractivity contribution in [2.24, 2.45) is 0 Å². The average molecular weight is 169 g/mol. The van der Waals surface area contributed by atoms with Crippen LogP contribution in [0.2, 0.25) is 0 Å². The summed E-state index contributed by atoms with van der Waals surface area (Å²) in [5.74, 6) is 0.842. The normalized spacial score (nSPS) is 32.8. The van der Waals surface area contributed by atoms with E-state index in [0.29, 0.717) is 18.7 Å². The molecule has 0 aromatic rings. The largest absolute Gasteiger partial charge is 0.473 e. The highest BCUT2D eigenvalue weighted by atomic mass is 16.5. The quantitative estimate of drug-likeness (QED) is 0.555. The van der Waals surface area contributed by atoms with Gasteiger partial charge in [0.05, 0.1) is 19.1 Å². The summed E-state index contributed by atoms with van der Waals surface area (Å²) in [7, 11) is 0. The minimum atomic E-state index is -0.506. The van der Waals surface area contributed by atoms with Gasteiger partial charge in [-0.25, -0.2) is 0 Å².